The quantitative estimate of drug-likeness (QED) is 0.724. The Kier molecular flexibility index (Phi) is 6.79. The standard InChI is InChI=1S/C20H29N3O5S/c1-3-9-22(10-4-2)20(25)15-6-5-11-23(13-15)29(26,27)16-7-8-18-17(12-16)21-19(24)14-28-18/h7-8,12,15H,3-6,9-11,13-14H2,1-2H3,(H,21,24). The third kappa shape index (κ3) is 4.72. The van der Waals surface area contributed by atoms with Crippen molar-refractivity contribution in [1.29, 1.82) is 0 Å². The molecule has 29 heavy (non-hydrogen) atoms. The van der Waals surface area contributed by atoms with Gasteiger partial charge in [0.2, 0.25) is 15.9 Å². The summed E-state index contributed by atoms with van der Waals surface area (Å²) in [5.74, 6) is -0.148. The number of benzene rings is 1. The van der Waals surface area contributed by atoms with Crippen LogP contribution in [0.1, 0.15) is 39.5 Å². The van der Waals surface area contributed by atoms with Crippen molar-refractivity contribution in [1.82, 2.24) is 9.21 Å². The number of nitrogens with one attached hydrogen (secondary N) is 1. The first-order valence-corrected chi connectivity index (χ1v) is 11.7. The summed E-state index contributed by atoms with van der Waals surface area (Å²) in [5.41, 5.74) is 0.351. The topological polar surface area (TPSA) is 96.0 Å². The van der Waals surface area contributed by atoms with Crippen LogP contribution in [0.25, 0.3) is 0 Å². The summed E-state index contributed by atoms with van der Waals surface area (Å²) in [7, 11) is -3.77. The average Bonchev–Trinajstić information content (AvgIpc) is 2.72. The Labute approximate surface area is 172 Å². The van der Waals surface area contributed by atoms with E-state index in [4.69, 9.17) is 4.74 Å². The van der Waals surface area contributed by atoms with Gasteiger partial charge in [-0.05, 0) is 43.9 Å². The maximum atomic E-state index is 13.2. The summed E-state index contributed by atoms with van der Waals surface area (Å²) in [5, 5.41) is 2.64. The van der Waals surface area contributed by atoms with Gasteiger partial charge in [-0.1, -0.05) is 13.8 Å². The minimum atomic E-state index is -3.77. The highest BCUT2D eigenvalue weighted by Gasteiger charge is 2.35. The van der Waals surface area contributed by atoms with E-state index in [1.807, 2.05) is 18.7 Å². The maximum absolute atomic E-state index is 13.2. The smallest absolute Gasteiger partial charge is 0.262 e. The normalized spacial score (nSPS) is 19.8. The van der Waals surface area contributed by atoms with Crippen LogP contribution in [0.15, 0.2) is 23.1 Å². The molecule has 160 valence electrons. The number of hydrogen-bond acceptors (Lipinski definition) is 5. The molecule has 1 aromatic rings. The summed E-state index contributed by atoms with van der Waals surface area (Å²) in [6.45, 7) is 5.94. The van der Waals surface area contributed by atoms with Gasteiger partial charge < -0.3 is 15.0 Å². The molecule has 1 unspecified atom stereocenters. The van der Waals surface area contributed by atoms with Gasteiger partial charge in [-0.3, -0.25) is 9.59 Å². The summed E-state index contributed by atoms with van der Waals surface area (Å²) < 4.78 is 33.1. The van der Waals surface area contributed by atoms with E-state index in [0.29, 0.717) is 43.9 Å². The van der Waals surface area contributed by atoms with E-state index in [1.54, 1.807) is 6.07 Å². The average molecular weight is 424 g/mol. The van der Waals surface area contributed by atoms with E-state index >= 15 is 0 Å². The Hall–Kier alpha value is -2.13. The lowest BCUT2D eigenvalue weighted by atomic mass is 9.98. The van der Waals surface area contributed by atoms with Gasteiger partial charge in [0.25, 0.3) is 5.91 Å². The van der Waals surface area contributed by atoms with Crippen LogP contribution in [-0.4, -0.2) is 62.2 Å². The van der Waals surface area contributed by atoms with Gasteiger partial charge in [-0.15, -0.1) is 0 Å². The highest BCUT2D eigenvalue weighted by Crippen LogP contribution is 2.32. The van der Waals surface area contributed by atoms with E-state index in [-0.39, 0.29) is 35.8 Å². The predicted octanol–water partition coefficient (Wildman–Crippen LogP) is 2.07. The molecule has 2 amide bonds. The van der Waals surface area contributed by atoms with E-state index in [2.05, 4.69) is 5.32 Å². The van der Waals surface area contributed by atoms with Gasteiger partial charge in [-0.25, -0.2) is 8.42 Å². The van der Waals surface area contributed by atoms with Crippen molar-refractivity contribution in [3.8, 4) is 5.75 Å². The Morgan fingerprint density at radius 3 is 2.69 bits per heavy atom. The number of ether oxygens (including phenoxy) is 1. The van der Waals surface area contributed by atoms with Crippen LogP contribution in [0.2, 0.25) is 0 Å². The Bertz CT molecular complexity index is 865. The van der Waals surface area contributed by atoms with E-state index in [0.717, 1.165) is 12.8 Å². The Morgan fingerprint density at radius 1 is 1.28 bits per heavy atom. The number of piperidine rings is 1. The molecule has 1 fully saturated rings. The fraction of sp³-hybridized carbons (Fsp3) is 0.600. The zero-order chi connectivity index (χ0) is 21.0. The molecule has 0 spiro atoms. The molecule has 3 rings (SSSR count). The largest absolute Gasteiger partial charge is 0.482 e. The fourth-order valence-corrected chi connectivity index (χ4v) is 5.41. The van der Waals surface area contributed by atoms with E-state index in [1.165, 1.54) is 16.4 Å². The number of hydrogen-bond donors (Lipinski definition) is 1. The van der Waals surface area contributed by atoms with Crippen LogP contribution in [-0.2, 0) is 19.6 Å². The molecule has 2 aliphatic rings. The Morgan fingerprint density at radius 2 is 2.00 bits per heavy atom. The minimum Gasteiger partial charge on any atom is -0.482 e. The van der Waals surface area contributed by atoms with Crippen molar-refractivity contribution in [3.05, 3.63) is 18.2 Å². The van der Waals surface area contributed by atoms with Gasteiger partial charge in [-0.2, -0.15) is 4.31 Å². The third-order valence-corrected chi connectivity index (χ3v) is 7.11. The van der Waals surface area contributed by atoms with Crippen molar-refractivity contribution >= 4 is 27.5 Å². The highest BCUT2D eigenvalue weighted by atomic mass is 32.2. The van der Waals surface area contributed by atoms with Crippen LogP contribution in [0.5, 0.6) is 5.75 Å². The molecule has 0 aliphatic carbocycles. The molecule has 0 bridgehead atoms. The Balaban J connectivity index is 1.78. The number of sulfonamides is 1. The lowest BCUT2D eigenvalue weighted by Crippen LogP contribution is -2.47. The van der Waals surface area contributed by atoms with Crippen molar-refractivity contribution < 1.29 is 22.7 Å². The first kappa shape index (κ1) is 21.6. The van der Waals surface area contributed by atoms with Crippen molar-refractivity contribution in [2.75, 3.05) is 38.1 Å². The third-order valence-electron chi connectivity index (χ3n) is 5.25. The molecular weight excluding hydrogens is 394 g/mol. The van der Waals surface area contributed by atoms with Gasteiger partial charge in [0.05, 0.1) is 16.5 Å². The molecule has 1 saturated heterocycles. The molecule has 0 aromatic heterocycles. The van der Waals surface area contributed by atoms with Gasteiger partial charge >= 0.3 is 0 Å². The number of rotatable bonds is 7. The number of amides is 2. The second-order valence-corrected chi connectivity index (χ2v) is 9.46. The zero-order valence-corrected chi connectivity index (χ0v) is 17.8. The monoisotopic (exact) mass is 423 g/mol. The van der Waals surface area contributed by atoms with E-state index in [9.17, 15) is 18.0 Å². The minimum absolute atomic E-state index is 0.0414. The number of carbonyl (C=O) groups excluding carboxylic acids is 2. The van der Waals surface area contributed by atoms with Crippen LogP contribution >= 0.6 is 0 Å². The van der Waals surface area contributed by atoms with Crippen LogP contribution in [0.4, 0.5) is 5.69 Å². The molecule has 0 saturated carbocycles. The molecule has 0 radical (unpaired) electrons. The lowest BCUT2D eigenvalue weighted by Gasteiger charge is -2.34. The zero-order valence-electron chi connectivity index (χ0n) is 17.0. The maximum Gasteiger partial charge on any atom is 0.262 e. The van der Waals surface area contributed by atoms with Gasteiger partial charge in [0.15, 0.2) is 6.61 Å². The summed E-state index contributed by atoms with van der Waals surface area (Å²) >= 11 is 0. The van der Waals surface area contributed by atoms with Crippen LogP contribution in [0.3, 0.4) is 0 Å². The second-order valence-electron chi connectivity index (χ2n) is 7.52. The number of anilines is 1. The SMILES string of the molecule is CCCN(CCC)C(=O)C1CCCN(S(=O)(=O)c2ccc3c(c2)NC(=O)CO3)C1. The molecule has 2 heterocycles. The molecule has 9 heteroatoms. The fourth-order valence-electron chi connectivity index (χ4n) is 3.86. The summed E-state index contributed by atoms with van der Waals surface area (Å²) in [6, 6.07) is 4.46. The molecule has 1 aromatic carbocycles. The van der Waals surface area contributed by atoms with Crippen LogP contribution < -0.4 is 10.1 Å². The molecule has 1 atom stereocenters. The number of nitrogens with zero attached hydrogens (tertiary/aromatic N) is 2. The first-order chi connectivity index (χ1) is 13.9. The van der Waals surface area contributed by atoms with E-state index < -0.39 is 10.0 Å². The van der Waals surface area contributed by atoms with Crippen molar-refractivity contribution in [3.63, 3.8) is 0 Å². The predicted molar refractivity (Wildman–Crippen MR) is 109 cm³/mol. The first-order valence-electron chi connectivity index (χ1n) is 10.2. The number of fused-ring (bicyclic) bond motifs is 1. The highest BCUT2D eigenvalue weighted by molar-refractivity contribution is 7.89. The molecule has 1 N–H and O–H groups in total. The molecule has 2 aliphatic heterocycles. The summed E-state index contributed by atoms with van der Waals surface area (Å²) in [4.78, 5) is 26.4. The van der Waals surface area contributed by atoms with Gasteiger partial charge in [0.1, 0.15) is 5.75 Å². The molecular formula is C20H29N3O5S. The second kappa shape index (κ2) is 9.13. The number of carbonyl (C=O) groups is 2. The van der Waals surface area contributed by atoms with Crippen molar-refractivity contribution in [2.45, 2.75) is 44.4 Å². The molecule has 8 nitrogen and oxygen atoms in total. The van der Waals surface area contributed by atoms with Gasteiger partial charge in [0, 0.05) is 26.2 Å². The van der Waals surface area contributed by atoms with Crippen LogP contribution in [0, 0.1) is 5.92 Å². The lowest BCUT2D eigenvalue weighted by molar-refractivity contribution is -0.136. The van der Waals surface area contributed by atoms with Crippen molar-refractivity contribution in [2.24, 2.45) is 5.92 Å². The summed E-state index contributed by atoms with van der Waals surface area (Å²) in [6.07, 6.45) is 3.10.